The van der Waals surface area contributed by atoms with Crippen LogP contribution in [0.4, 0.5) is 8.78 Å². The molecular weight excluding hydrogens is 324 g/mol. The number of rotatable bonds is 6. The van der Waals surface area contributed by atoms with Gasteiger partial charge in [0.15, 0.2) is 0 Å². The Morgan fingerprint density at radius 2 is 2.39 bits per heavy atom. The molecule has 0 saturated heterocycles. The number of halogens is 3. The van der Waals surface area contributed by atoms with E-state index in [0.717, 1.165) is 16.6 Å². The van der Waals surface area contributed by atoms with Gasteiger partial charge in [-0.25, -0.2) is 8.78 Å². The van der Waals surface area contributed by atoms with Gasteiger partial charge < -0.3 is 10.1 Å². The number of alkyl halides is 2. The number of fused-ring (bicyclic) bond motifs is 1. The second kappa shape index (κ2) is 6.93. The van der Waals surface area contributed by atoms with Gasteiger partial charge in [0.2, 0.25) is 0 Å². The largest absolute Gasteiger partial charge is 0.374 e. The number of hydrogen-bond acceptors (Lipinski definition) is 3. The number of ether oxygens (including phenoxy) is 1. The topological polar surface area (TPSA) is 21.3 Å². The summed E-state index contributed by atoms with van der Waals surface area (Å²) in [6, 6.07) is 2.50. The molecule has 0 amide bonds. The van der Waals surface area contributed by atoms with Crippen LogP contribution in [0.3, 0.4) is 0 Å². The molecule has 0 bridgehead atoms. The number of nitrogens with one attached hydrogen (secondary N) is 1. The Balaban J connectivity index is 1.77. The molecule has 1 aliphatic carbocycles. The van der Waals surface area contributed by atoms with Crippen LogP contribution in [0.1, 0.15) is 29.3 Å². The van der Waals surface area contributed by atoms with E-state index in [0.29, 0.717) is 19.2 Å². The van der Waals surface area contributed by atoms with Gasteiger partial charge in [0, 0.05) is 17.5 Å². The Bertz CT molecular complexity index is 386. The summed E-state index contributed by atoms with van der Waals surface area (Å²) >= 11 is 5.30. The first-order chi connectivity index (χ1) is 8.66. The highest BCUT2D eigenvalue weighted by molar-refractivity contribution is 9.11. The summed E-state index contributed by atoms with van der Waals surface area (Å²) < 4.78 is 29.8. The zero-order chi connectivity index (χ0) is 13.0. The quantitative estimate of drug-likeness (QED) is 0.797. The van der Waals surface area contributed by atoms with E-state index in [4.69, 9.17) is 4.74 Å². The summed E-state index contributed by atoms with van der Waals surface area (Å²) in [6.07, 6.45) is 1.05. The fraction of sp³-hybridized carbons (Fsp3) is 0.667. The highest BCUT2D eigenvalue weighted by atomic mass is 79.9. The molecule has 1 aromatic rings. The lowest BCUT2D eigenvalue weighted by molar-refractivity contribution is 0.0181. The Morgan fingerprint density at radius 3 is 3.17 bits per heavy atom. The summed E-state index contributed by atoms with van der Waals surface area (Å²) in [7, 11) is 0. The van der Waals surface area contributed by atoms with Gasteiger partial charge in [-0.3, -0.25) is 0 Å². The zero-order valence-electron chi connectivity index (χ0n) is 9.93. The third kappa shape index (κ3) is 3.98. The molecule has 1 unspecified atom stereocenters. The van der Waals surface area contributed by atoms with Crippen LogP contribution >= 0.6 is 27.3 Å². The highest BCUT2D eigenvalue weighted by Crippen LogP contribution is 2.37. The molecule has 1 aromatic heterocycles. The van der Waals surface area contributed by atoms with E-state index in [1.165, 1.54) is 16.9 Å². The third-order valence-electron chi connectivity index (χ3n) is 2.96. The van der Waals surface area contributed by atoms with Crippen molar-refractivity contribution in [1.29, 1.82) is 0 Å². The summed E-state index contributed by atoms with van der Waals surface area (Å²) in [5, 5.41) is 3.38. The molecule has 2 rings (SSSR count). The van der Waals surface area contributed by atoms with Crippen LogP contribution < -0.4 is 5.32 Å². The Hall–Kier alpha value is -0.0400. The van der Waals surface area contributed by atoms with Gasteiger partial charge in [0.1, 0.15) is 6.61 Å². The molecule has 0 radical (unpaired) electrons. The van der Waals surface area contributed by atoms with Crippen molar-refractivity contribution in [1.82, 2.24) is 5.32 Å². The lowest BCUT2D eigenvalue weighted by atomic mass is 9.94. The van der Waals surface area contributed by atoms with Crippen LogP contribution in [0.5, 0.6) is 0 Å². The summed E-state index contributed by atoms with van der Waals surface area (Å²) in [5.74, 6) is 0. The van der Waals surface area contributed by atoms with Crippen LogP contribution in [0.2, 0.25) is 0 Å². The summed E-state index contributed by atoms with van der Waals surface area (Å²) in [4.78, 5) is 1.43. The maximum atomic E-state index is 11.9. The molecular formula is C12H16BrF2NOS. The molecule has 6 heteroatoms. The first-order valence-electron chi connectivity index (χ1n) is 6.04. The molecule has 2 nitrogen and oxygen atoms in total. The average Bonchev–Trinajstić information content (AvgIpc) is 2.69. The van der Waals surface area contributed by atoms with Crippen LogP contribution in [0.15, 0.2) is 9.85 Å². The van der Waals surface area contributed by atoms with Crippen molar-refractivity contribution in [2.45, 2.75) is 31.7 Å². The monoisotopic (exact) mass is 339 g/mol. The minimum atomic E-state index is -2.38. The predicted octanol–water partition coefficient (Wildman–Crippen LogP) is 3.76. The second-order valence-corrected chi connectivity index (χ2v) is 6.81. The van der Waals surface area contributed by atoms with Gasteiger partial charge in [-0.05, 0) is 46.8 Å². The van der Waals surface area contributed by atoms with Gasteiger partial charge in [-0.15, -0.1) is 11.3 Å². The molecule has 0 aromatic carbocycles. The first kappa shape index (κ1) is 14.4. The predicted molar refractivity (Wildman–Crippen MR) is 72.5 cm³/mol. The second-order valence-electron chi connectivity index (χ2n) is 4.29. The van der Waals surface area contributed by atoms with Crippen molar-refractivity contribution in [2.75, 3.05) is 19.8 Å². The van der Waals surface area contributed by atoms with E-state index >= 15 is 0 Å². The molecule has 102 valence electrons. The standard InChI is InChI=1S/C12H16BrF2NOS/c13-11-6-8-9(2-1-3-10(8)18-11)16-4-5-17-7-12(14)15/h6,9,12,16H,1-5,7H2. The van der Waals surface area contributed by atoms with Crippen molar-refractivity contribution in [3.05, 3.63) is 20.3 Å². The highest BCUT2D eigenvalue weighted by Gasteiger charge is 2.21. The van der Waals surface area contributed by atoms with E-state index in [2.05, 4.69) is 27.3 Å². The molecule has 0 fully saturated rings. The van der Waals surface area contributed by atoms with E-state index in [-0.39, 0.29) is 0 Å². The number of hydrogen-bond donors (Lipinski definition) is 1. The number of thiophene rings is 1. The van der Waals surface area contributed by atoms with Crippen LogP contribution in [0, 0.1) is 0 Å². The lowest BCUT2D eigenvalue weighted by Crippen LogP contribution is -2.28. The van der Waals surface area contributed by atoms with Gasteiger partial charge in [0.05, 0.1) is 10.4 Å². The molecule has 1 N–H and O–H groups in total. The van der Waals surface area contributed by atoms with Crippen LogP contribution in [-0.4, -0.2) is 26.2 Å². The van der Waals surface area contributed by atoms with Crippen molar-refractivity contribution >= 4 is 27.3 Å². The Kier molecular flexibility index (Phi) is 5.54. The lowest BCUT2D eigenvalue weighted by Gasteiger charge is -2.23. The molecule has 1 heterocycles. The van der Waals surface area contributed by atoms with Gasteiger partial charge in [-0.1, -0.05) is 0 Å². The maximum Gasteiger partial charge on any atom is 0.261 e. The zero-order valence-corrected chi connectivity index (χ0v) is 12.3. The maximum absolute atomic E-state index is 11.9. The first-order valence-corrected chi connectivity index (χ1v) is 7.65. The van der Waals surface area contributed by atoms with Crippen molar-refractivity contribution in [3.63, 3.8) is 0 Å². The van der Waals surface area contributed by atoms with E-state index < -0.39 is 13.0 Å². The van der Waals surface area contributed by atoms with Gasteiger partial charge in [-0.2, -0.15) is 0 Å². The normalized spacial score (nSPS) is 19.2. The van der Waals surface area contributed by atoms with Crippen LogP contribution in [-0.2, 0) is 11.2 Å². The molecule has 1 aliphatic rings. The Labute approximate surface area is 118 Å². The van der Waals surface area contributed by atoms with Crippen molar-refractivity contribution < 1.29 is 13.5 Å². The molecule has 0 aliphatic heterocycles. The third-order valence-corrected chi connectivity index (χ3v) is 4.68. The van der Waals surface area contributed by atoms with Crippen molar-refractivity contribution in [3.8, 4) is 0 Å². The minimum Gasteiger partial charge on any atom is -0.374 e. The van der Waals surface area contributed by atoms with Gasteiger partial charge >= 0.3 is 0 Å². The fourth-order valence-corrected chi connectivity index (χ4v) is 4.03. The smallest absolute Gasteiger partial charge is 0.261 e. The Morgan fingerprint density at radius 1 is 1.56 bits per heavy atom. The van der Waals surface area contributed by atoms with Crippen molar-refractivity contribution in [2.24, 2.45) is 0 Å². The van der Waals surface area contributed by atoms with E-state index in [1.807, 2.05) is 0 Å². The fourth-order valence-electron chi connectivity index (χ4n) is 2.21. The van der Waals surface area contributed by atoms with E-state index in [9.17, 15) is 8.78 Å². The summed E-state index contributed by atoms with van der Waals surface area (Å²) in [5.41, 5.74) is 1.35. The SMILES string of the molecule is FC(F)COCCNC1CCCc2sc(Br)cc21. The number of aryl methyl sites for hydroxylation is 1. The average molecular weight is 340 g/mol. The molecule has 0 saturated carbocycles. The molecule has 18 heavy (non-hydrogen) atoms. The summed E-state index contributed by atoms with van der Waals surface area (Å²) in [6.45, 7) is 0.480. The molecule has 1 atom stereocenters. The molecule has 0 spiro atoms. The van der Waals surface area contributed by atoms with Gasteiger partial charge in [0.25, 0.3) is 6.43 Å². The minimum absolute atomic E-state index is 0.335. The van der Waals surface area contributed by atoms with E-state index in [1.54, 1.807) is 11.3 Å². The van der Waals surface area contributed by atoms with Crippen LogP contribution in [0.25, 0.3) is 0 Å².